The van der Waals surface area contributed by atoms with Gasteiger partial charge in [0.2, 0.25) is 11.8 Å². The van der Waals surface area contributed by atoms with E-state index in [1.165, 1.54) is 37.6 Å². The Bertz CT molecular complexity index is 1760. The number of halogens is 1. The molecule has 2 aromatic carbocycles. The zero-order valence-electron chi connectivity index (χ0n) is 28.4. The number of aryl methyl sites for hydroxylation is 2. The fourth-order valence-corrected chi connectivity index (χ4v) is 8.31. The first kappa shape index (κ1) is 31.9. The van der Waals surface area contributed by atoms with Crippen LogP contribution in [0.4, 0.5) is 16.2 Å². The van der Waals surface area contributed by atoms with Crippen molar-refractivity contribution < 1.29 is 9.13 Å². The van der Waals surface area contributed by atoms with Crippen molar-refractivity contribution in [2.24, 2.45) is 16.7 Å². The molecule has 1 spiro atoms. The lowest BCUT2D eigenvalue weighted by Gasteiger charge is -2.42. The minimum atomic E-state index is -0.248. The number of fused-ring (bicyclic) bond motifs is 4. The molecule has 4 aromatic rings. The van der Waals surface area contributed by atoms with E-state index >= 15 is 4.39 Å². The van der Waals surface area contributed by atoms with Gasteiger partial charge in [-0.25, -0.2) is 14.4 Å². The van der Waals surface area contributed by atoms with E-state index in [1.54, 1.807) is 6.07 Å². The van der Waals surface area contributed by atoms with Crippen LogP contribution in [0.5, 0.6) is 5.88 Å². The van der Waals surface area contributed by atoms with Gasteiger partial charge in [-0.05, 0) is 122 Å². The zero-order valence-corrected chi connectivity index (χ0v) is 29.3. The van der Waals surface area contributed by atoms with Crippen molar-refractivity contribution in [3.05, 3.63) is 88.9 Å². The first-order valence-electron chi connectivity index (χ1n) is 16.9. The van der Waals surface area contributed by atoms with Crippen LogP contribution in [0.2, 0.25) is 0 Å². The lowest BCUT2D eigenvalue weighted by atomic mass is 9.74. The maximum atomic E-state index is 15.7. The first-order chi connectivity index (χ1) is 22.5. The van der Waals surface area contributed by atoms with Crippen molar-refractivity contribution in [1.82, 2.24) is 15.0 Å². The molecule has 2 aromatic heterocycles. The molecule has 47 heavy (non-hydrogen) atoms. The number of ether oxygens (including phenoxy) is 1. The number of anilines is 2. The molecule has 2 saturated carbocycles. The van der Waals surface area contributed by atoms with Crippen molar-refractivity contribution in [2.75, 3.05) is 23.3 Å². The number of hydrogen-bond donors (Lipinski definition) is 1. The molecule has 6 nitrogen and oxygen atoms in total. The van der Waals surface area contributed by atoms with Gasteiger partial charge in [-0.3, -0.25) is 4.72 Å². The third-order valence-electron chi connectivity index (χ3n) is 10.4. The average Bonchev–Trinajstić information content (AvgIpc) is 3.82. The van der Waals surface area contributed by atoms with E-state index in [4.69, 9.17) is 19.7 Å². The van der Waals surface area contributed by atoms with E-state index in [1.807, 2.05) is 12.1 Å². The van der Waals surface area contributed by atoms with Crippen LogP contribution in [0.3, 0.4) is 0 Å². The molecule has 3 heterocycles. The van der Waals surface area contributed by atoms with E-state index in [2.05, 4.69) is 93.8 Å². The predicted molar refractivity (Wildman–Crippen MR) is 190 cm³/mol. The standard InChI is InChI=1S/C39H46FN5OS/c1-24-9-7-10-25(2)36(24)33-19-35-43-37(42-33)44-47-29-12-8-11-26(17-29)30(27(23-46-35)20-38(3,4)5)18-32-31(40)13-14-34(41-32)45(6)28-21-39(22-28)15-16-39/h7-14,17,19,27-28,30H,15-16,18,20-23H2,1-6H3,(H,42,43,44). The minimum Gasteiger partial charge on any atom is -0.477 e. The summed E-state index contributed by atoms with van der Waals surface area (Å²) in [4.78, 5) is 18.0. The van der Waals surface area contributed by atoms with Gasteiger partial charge in [-0.15, -0.1) is 0 Å². The highest BCUT2D eigenvalue weighted by molar-refractivity contribution is 8.00. The molecule has 2 aliphatic carbocycles. The summed E-state index contributed by atoms with van der Waals surface area (Å²) in [5.41, 5.74) is 6.51. The SMILES string of the molecule is Cc1cccc(C)c1-c1cc2nc(n1)NSc1cccc(c1)C(Cc1nc(N(C)C3CC4(CC4)C3)ccc1F)C(CC(C)(C)C)CO2. The Morgan fingerprint density at radius 3 is 2.45 bits per heavy atom. The van der Waals surface area contributed by atoms with Gasteiger partial charge in [-0.2, -0.15) is 4.98 Å². The summed E-state index contributed by atoms with van der Waals surface area (Å²) in [7, 11) is 2.12. The molecule has 246 valence electrons. The highest BCUT2D eigenvalue weighted by Gasteiger charge is 2.54. The Hall–Kier alpha value is -3.65. The van der Waals surface area contributed by atoms with E-state index in [0.29, 0.717) is 42.0 Å². The van der Waals surface area contributed by atoms with Gasteiger partial charge in [0.1, 0.15) is 11.6 Å². The summed E-state index contributed by atoms with van der Waals surface area (Å²) in [5, 5.41) is 0. The molecule has 2 atom stereocenters. The summed E-state index contributed by atoms with van der Waals surface area (Å²) >= 11 is 1.48. The molecule has 1 N–H and O–H groups in total. The van der Waals surface area contributed by atoms with Crippen LogP contribution < -0.4 is 14.4 Å². The Balaban J connectivity index is 1.24. The molecule has 4 bridgehead atoms. The van der Waals surface area contributed by atoms with E-state index in [-0.39, 0.29) is 23.1 Å². The van der Waals surface area contributed by atoms with E-state index in [9.17, 15) is 0 Å². The Morgan fingerprint density at radius 1 is 0.979 bits per heavy atom. The highest BCUT2D eigenvalue weighted by atomic mass is 32.2. The second-order valence-corrected chi connectivity index (χ2v) is 16.3. The summed E-state index contributed by atoms with van der Waals surface area (Å²) in [6, 6.07) is 20.7. The summed E-state index contributed by atoms with van der Waals surface area (Å²) < 4.78 is 25.7. The van der Waals surface area contributed by atoms with Gasteiger partial charge in [-0.1, -0.05) is 51.1 Å². The minimum absolute atomic E-state index is 0.0189. The van der Waals surface area contributed by atoms with Crippen LogP contribution in [0.15, 0.2) is 65.6 Å². The lowest BCUT2D eigenvalue weighted by molar-refractivity contribution is 0.165. The predicted octanol–water partition coefficient (Wildman–Crippen LogP) is 9.56. The molecular weight excluding hydrogens is 606 g/mol. The lowest BCUT2D eigenvalue weighted by Crippen LogP contribution is -2.44. The topological polar surface area (TPSA) is 63.2 Å². The van der Waals surface area contributed by atoms with E-state index < -0.39 is 0 Å². The second kappa shape index (κ2) is 12.4. The van der Waals surface area contributed by atoms with Crippen molar-refractivity contribution >= 4 is 23.7 Å². The number of benzene rings is 2. The molecule has 0 saturated heterocycles. The maximum Gasteiger partial charge on any atom is 0.237 e. The van der Waals surface area contributed by atoms with Gasteiger partial charge in [0.05, 0.1) is 18.0 Å². The zero-order chi connectivity index (χ0) is 32.9. The maximum absolute atomic E-state index is 15.7. The number of nitrogens with one attached hydrogen (secondary N) is 1. The fraction of sp³-hybridized carbons (Fsp3) is 0.462. The van der Waals surface area contributed by atoms with Crippen molar-refractivity contribution in [3.63, 3.8) is 0 Å². The van der Waals surface area contributed by atoms with Gasteiger partial charge in [0.25, 0.3) is 0 Å². The van der Waals surface area contributed by atoms with Crippen LogP contribution in [-0.4, -0.2) is 34.6 Å². The smallest absolute Gasteiger partial charge is 0.237 e. The quantitative estimate of drug-likeness (QED) is 0.208. The number of hydrogen-bond acceptors (Lipinski definition) is 7. The van der Waals surface area contributed by atoms with Crippen LogP contribution in [-0.2, 0) is 6.42 Å². The summed E-state index contributed by atoms with van der Waals surface area (Å²) in [6.45, 7) is 11.4. The first-order valence-corrected chi connectivity index (χ1v) is 17.8. The number of aromatic nitrogens is 3. The third kappa shape index (κ3) is 6.99. The summed E-state index contributed by atoms with van der Waals surface area (Å²) in [5.74, 6) is 1.71. The fourth-order valence-electron chi connectivity index (χ4n) is 7.66. The summed E-state index contributed by atoms with van der Waals surface area (Å²) in [6.07, 6.45) is 6.53. The third-order valence-corrected chi connectivity index (χ3v) is 11.2. The van der Waals surface area contributed by atoms with E-state index in [0.717, 1.165) is 45.1 Å². The second-order valence-electron chi connectivity index (χ2n) is 15.4. The average molecular weight is 652 g/mol. The van der Waals surface area contributed by atoms with Crippen molar-refractivity contribution in [1.29, 1.82) is 0 Å². The number of nitrogens with zero attached hydrogens (tertiary/aromatic N) is 4. The number of pyridine rings is 1. The van der Waals surface area contributed by atoms with Crippen LogP contribution in [0.1, 0.15) is 81.2 Å². The molecule has 0 amide bonds. The Labute approximate surface area is 283 Å². The molecule has 3 aliphatic rings. The Kier molecular flexibility index (Phi) is 8.44. The Morgan fingerprint density at radius 2 is 1.72 bits per heavy atom. The van der Waals surface area contributed by atoms with Gasteiger partial charge in [0.15, 0.2) is 0 Å². The van der Waals surface area contributed by atoms with Crippen molar-refractivity contribution in [3.8, 4) is 17.1 Å². The van der Waals surface area contributed by atoms with Crippen LogP contribution in [0, 0.1) is 36.4 Å². The van der Waals surface area contributed by atoms with Gasteiger partial charge in [0, 0.05) is 35.5 Å². The number of rotatable bonds is 6. The van der Waals surface area contributed by atoms with Crippen LogP contribution >= 0.6 is 11.9 Å². The molecule has 7 rings (SSSR count). The van der Waals surface area contributed by atoms with Crippen LogP contribution in [0.25, 0.3) is 11.3 Å². The van der Waals surface area contributed by atoms with Gasteiger partial charge < -0.3 is 9.64 Å². The molecule has 2 unspecified atom stereocenters. The van der Waals surface area contributed by atoms with Crippen molar-refractivity contribution in [2.45, 2.75) is 90.0 Å². The molecule has 0 radical (unpaired) electrons. The van der Waals surface area contributed by atoms with Gasteiger partial charge >= 0.3 is 0 Å². The normalized spacial score (nSPS) is 20.3. The highest BCUT2D eigenvalue weighted by Crippen LogP contribution is 2.62. The molecule has 1 aliphatic heterocycles. The molecule has 8 heteroatoms. The monoisotopic (exact) mass is 651 g/mol. The molecule has 2 fully saturated rings. The largest absolute Gasteiger partial charge is 0.477 e. The molecular formula is C39H46FN5OS.